The van der Waals surface area contributed by atoms with Gasteiger partial charge in [-0.2, -0.15) is 0 Å². The van der Waals surface area contributed by atoms with Crippen LogP contribution in [0.2, 0.25) is 0 Å². The minimum atomic E-state index is -0.955. The zero-order chi connectivity index (χ0) is 17.4. The second-order valence-electron chi connectivity index (χ2n) is 6.00. The Morgan fingerprint density at radius 3 is 2.75 bits per heavy atom. The van der Waals surface area contributed by atoms with E-state index in [0.717, 1.165) is 41.8 Å². The number of thiophene rings is 1. The van der Waals surface area contributed by atoms with Crippen LogP contribution in [0.4, 0.5) is 13.8 Å². The summed E-state index contributed by atoms with van der Waals surface area (Å²) in [6.45, 7) is 2.12. The van der Waals surface area contributed by atoms with Crippen LogP contribution in [0.3, 0.4) is 0 Å². The van der Waals surface area contributed by atoms with E-state index >= 15 is 0 Å². The molecule has 1 atom stereocenters. The Morgan fingerprint density at radius 1 is 1.33 bits per heavy atom. The van der Waals surface area contributed by atoms with Crippen molar-refractivity contribution in [3.8, 4) is 0 Å². The third-order valence-corrected chi connectivity index (χ3v) is 5.33. The molecule has 0 saturated carbocycles. The van der Waals surface area contributed by atoms with Gasteiger partial charge in [0.25, 0.3) is 11.8 Å². The van der Waals surface area contributed by atoms with E-state index in [1.165, 1.54) is 11.3 Å². The van der Waals surface area contributed by atoms with E-state index in [9.17, 15) is 18.4 Å². The Morgan fingerprint density at radius 2 is 2.08 bits per heavy atom. The number of halogens is 2. The van der Waals surface area contributed by atoms with E-state index in [2.05, 4.69) is 12.2 Å². The number of fused-ring (bicyclic) bond motifs is 1. The quantitative estimate of drug-likeness (QED) is 0.889. The molecule has 2 amide bonds. The van der Waals surface area contributed by atoms with Crippen LogP contribution in [0.25, 0.3) is 0 Å². The van der Waals surface area contributed by atoms with Crippen molar-refractivity contribution in [2.24, 2.45) is 11.7 Å². The van der Waals surface area contributed by atoms with Crippen molar-refractivity contribution in [3.05, 3.63) is 51.4 Å². The van der Waals surface area contributed by atoms with Gasteiger partial charge in [0, 0.05) is 10.9 Å². The van der Waals surface area contributed by atoms with E-state index in [0.29, 0.717) is 22.5 Å². The van der Waals surface area contributed by atoms with Gasteiger partial charge in [-0.3, -0.25) is 9.59 Å². The number of primary amides is 1. The van der Waals surface area contributed by atoms with Gasteiger partial charge in [-0.1, -0.05) is 6.92 Å². The maximum Gasteiger partial charge on any atom is 0.259 e. The minimum absolute atomic E-state index is 0.286. The lowest BCUT2D eigenvalue weighted by molar-refractivity contribution is 0.1000. The standard InChI is InChI=1S/C17H16F2N2O2S/c1-8-2-4-11-13(6-8)24-17(14(11)15(20)22)21-16(23)10-5-3-9(18)7-12(10)19/h3,5,7-8H,2,4,6H2,1H3,(H2,20,22)(H,21,23). The zero-order valence-electron chi connectivity index (χ0n) is 13.0. The van der Waals surface area contributed by atoms with Gasteiger partial charge in [-0.05, 0) is 42.9 Å². The average Bonchev–Trinajstić information content (AvgIpc) is 2.83. The summed E-state index contributed by atoms with van der Waals surface area (Å²) >= 11 is 1.30. The third-order valence-electron chi connectivity index (χ3n) is 4.16. The summed E-state index contributed by atoms with van der Waals surface area (Å²) in [5.74, 6) is -2.57. The molecule has 4 nitrogen and oxygen atoms in total. The molecule has 1 heterocycles. The molecular weight excluding hydrogens is 334 g/mol. The van der Waals surface area contributed by atoms with Gasteiger partial charge in [-0.25, -0.2) is 8.78 Å². The van der Waals surface area contributed by atoms with Crippen LogP contribution in [0, 0.1) is 17.6 Å². The lowest BCUT2D eigenvalue weighted by Crippen LogP contribution is -2.20. The fourth-order valence-corrected chi connectivity index (χ4v) is 4.35. The van der Waals surface area contributed by atoms with Crippen molar-refractivity contribution in [2.75, 3.05) is 5.32 Å². The topological polar surface area (TPSA) is 72.2 Å². The van der Waals surface area contributed by atoms with E-state index < -0.39 is 23.4 Å². The van der Waals surface area contributed by atoms with Gasteiger partial charge in [0.05, 0.1) is 11.1 Å². The molecule has 1 aliphatic rings. The molecule has 0 fully saturated rings. The summed E-state index contributed by atoms with van der Waals surface area (Å²) in [6, 6.07) is 2.72. The Kier molecular flexibility index (Phi) is 4.36. The number of anilines is 1. The molecule has 7 heteroatoms. The highest BCUT2D eigenvalue weighted by Crippen LogP contribution is 2.39. The molecule has 1 unspecified atom stereocenters. The van der Waals surface area contributed by atoms with Gasteiger partial charge < -0.3 is 11.1 Å². The number of benzene rings is 1. The summed E-state index contributed by atoms with van der Waals surface area (Å²) in [4.78, 5) is 25.1. The van der Waals surface area contributed by atoms with Gasteiger partial charge >= 0.3 is 0 Å². The lowest BCUT2D eigenvalue weighted by Gasteiger charge is -2.18. The molecule has 0 saturated heterocycles. The molecule has 0 spiro atoms. The maximum atomic E-state index is 13.8. The maximum absolute atomic E-state index is 13.8. The van der Waals surface area contributed by atoms with Crippen molar-refractivity contribution in [1.29, 1.82) is 0 Å². The molecule has 1 aromatic carbocycles. The molecule has 126 valence electrons. The van der Waals surface area contributed by atoms with E-state index in [-0.39, 0.29) is 5.56 Å². The van der Waals surface area contributed by atoms with E-state index in [1.54, 1.807) is 0 Å². The first-order chi connectivity index (χ1) is 11.4. The smallest absolute Gasteiger partial charge is 0.259 e. The minimum Gasteiger partial charge on any atom is -0.365 e. The van der Waals surface area contributed by atoms with Gasteiger partial charge in [0.1, 0.15) is 16.6 Å². The molecular formula is C17H16F2N2O2S. The number of hydrogen-bond acceptors (Lipinski definition) is 3. The molecule has 3 N–H and O–H groups in total. The molecule has 1 aromatic heterocycles. The molecule has 24 heavy (non-hydrogen) atoms. The van der Waals surface area contributed by atoms with Crippen LogP contribution in [0.15, 0.2) is 18.2 Å². The highest BCUT2D eigenvalue weighted by atomic mass is 32.1. The van der Waals surface area contributed by atoms with Gasteiger partial charge in [-0.15, -0.1) is 11.3 Å². The van der Waals surface area contributed by atoms with Crippen molar-refractivity contribution in [1.82, 2.24) is 0 Å². The largest absolute Gasteiger partial charge is 0.365 e. The molecule has 0 aliphatic heterocycles. The first-order valence-electron chi connectivity index (χ1n) is 7.57. The van der Waals surface area contributed by atoms with E-state index in [1.807, 2.05) is 0 Å². The van der Waals surface area contributed by atoms with Crippen LogP contribution in [0.1, 0.15) is 44.5 Å². The molecule has 1 aliphatic carbocycles. The fraction of sp³-hybridized carbons (Fsp3) is 0.294. The highest BCUT2D eigenvalue weighted by Gasteiger charge is 2.27. The Hall–Kier alpha value is -2.28. The molecule has 2 aromatic rings. The monoisotopic (exact) mass is 350 g/mol. The first-order valence-corrected chi connectivity index (χ1v) is 8.39. The molecule has 0 bridgehead atoms. The third kappa shape index (κ3) is 3.03. The number of carbonyl (C=O) groups is 2. The average molecular weight is 350 g/mol. The van der Waals surface area contributed by atoms with Crippen molar-refractivity contribution < 1.29 is 18.4 Å². The number of nitrogens with one attached hydrogen (secondary N) is 1. The fourth-order valence-electron chi connectivity index (χ4n) is 2.94. The number of carbonyl (C=O) groups excluding carboxylic acids is 2. The summed E-state index contributed by atoms with van der Waals surface area (Å²) in [6.07, 6.45) is 2.50. The van der Waals surface area contributed by atoms with Gasteiger partial charge in [0.2, 0.25) is 0 Å². The predicted octanol–water partition coefficient (Wildman–Crippen LogP) is 3.50. The molecule has 3 rings (SSSR count). The van der Waals surface area contributed by atoms with Crippen LogP contribution in [-0.4, -0.2) is 11.8 Å². The summed E-state index contributed by atoms with van der Waals surface area (Å²) in [5, 5.41) is 2.89. The molecule has 0 radical (unpaired) electrons. The second kappa shape index (κ2) is 6.32. The van der Waals surface area contributed by atoms with Crippen molar-refractivity contribution in [2.45, 2.75) is 26.2 Å². The SMILES string of the molecule is CC1CCc2c(sc(NC(=O)c3ccc(F)cc3F)c2C(N)=O)C1. The normalized spacial score (nSPS) is 16.5. The van der Waals surface area contributed by atoms with Crippen LogP contribution in [-0.2, 0) is 12.8 Å². The first kappa shape index (κ1) is 16.6. The Labute approximate surface area is 141 Å². The summed E-state index contributed by atoms with van der Waals surface area (Å²) in [7, 11) is 0. The second-order valence-corrected chi connectivity index (χ2v) is 7.10. The van der Waals surface area contributed by atoms with Gasteiger partial charge in [0.15, 0.2) is 0 Å². The van der Waals surface area contributed by atoms with Crippen molar-refractivity contribution >= 4 is 28.2 Å². The van der Waals surface area contributed by atoms with Crippen LogP contribution in [0.5, 0.6) is 0 Å². The highest BCUT2D eigenvalue weighted by molar-refractivity contribution is 7.17. The predicted molar refractivity (Wildman–Crippen MR) is 88.3 cm³/mol. The Balaban J connectivity index is 1.95. The lowest BCUT2D eigenvalue weighted by atomic mass is 9.88. The number of hydrogen-bond donors (Lipinski definition) is 2. The summed E-state index contributed by atoms with van der Waals surface area (Å²) in [5.41, 5.74) is 6.37. The summed E-state index contributed by atoms with van der Waals surface area (Å²) < 4.78 is 26.7. The van der Waals surface area contributed by atoms with Crippen LogP contribution < -0.4 is 11.1 Å². The zero-order valence-corrected chi connectivity index (χ0v) is 13.8. The number of amides is 2. The van der Waals surface area contributed by atoms with Crippen molar-refractivity contribution in [3.63, 3.8) is 0 Å². The number of rotatable bonds is 3. The van der Waals surface area contributed by atoms with E-state index in [4.69, 9.17) is 5.73 Å². The number of nitrogens with two attached hydrogens (primary N) is 1. The Bertz CT molecular complexity index is 832. The van der Waals surface area contributed by atoms with Crippen LogP contribution >= 0.6 is 11.3 Å².